The Morgan fingerprint density at radius 2 is 2.00 bits per heavy atom. The minimum absolute atomic E-state index is 0.0274. The Kier molecular flexibility index (Phi) is 2.49. The summed E-state index contributed by atoms with van der Waals surface area (Å²) in [6.45, 7) is 6.01. The third-order valence-electron chi connectivity index (χ3n) is 1.74. The molecular weight excluding hydrogens is 164 g/mol. The Hall–Kier alpha value is -0.480. The van der Waals surface area contributed by atoms with E-state index in [0.29, 0.717) is 0 Å². The molecule has 1 fully saturated rings. The van der Waals surface area contributed by atoms with Gasteiger partial charge in [0.2, 0.25) is 0 Å². The molecule has 0 radical (unpaired) electrons. The van der Waals surface area contributed by atoms with E-state index in [4.69, 9.17) is 4.84 Å². The summed E-state index contributed by atoms with van der Waals surface area (Å²) < 4.78 is 24.1. The van der Waals surface area contributed by atoms with Gasteiger partial charge in [0.05, 0.1) is 13.2 Å². The van der Waals surface area contributed by atoms with Crippen LogP contribution in [0.3, 0.4) is 0 Å². The molecule has 0 saturated carbocycles. The van der Waals surface area contributed by atoms with Crippen molar-refractivity contribution in [3.63, 3.8) is 0 Å². The summed E-state index contributed by atoms with van der Waals surface area (Å²) in [5, 5.41) is 1.57. The van der Waals surface area contributed by atoms with Crippen molar-refractivity contribution in [1.29, 1.82) is 0 Å². The monoisotopic (exact) mass is 177 g/mol. The van der Waals surface area contributed by atoms with Crippen LogP contribution >= 0.6 is 0 Å². The first kappa shape index (κ1) is 9.61. The van der Waals surface area contributed by atoms with Gasteiger partial charge in [-0.05, 0) is 20.8 Å². The van der Waals surface area contributed by atoms with Crippen molar-refractivity contribution < 1.29 is 13.6 Å². The van der Waals surface area contributed by atoms with Gasteiger partial charge in [-0.3, -0.25) is 4.84 Å². The molecule has 1 aliphatic heterocycles. The second kappa shape index (κ2) is 3.11. The summed E-state index contributed by atoms with van der Waals surface area (Å²) in [6, 6.07) is 0. The molecule has 0 aliphatic carbocycles. The Labute approximate surface area is 70.8 Å². The molecule has 0 aromatic heterocycles. The van der Waals surface area contributed by atoms with Crippen LogP contribution in [0.25, 0.3) is 0 Å². The predicted octanol–water partition coefficient (Wildman–Crippen LogP) is 2.18. The molecule has 0 atom stereocenters. The smallest absolute Gasteiger partial charge is 0.273 e. The van der Waals surface area contributed by atoms with E-state index in [9.17, 15) is 8.78 Å². The van der Waals surface area contributed by atoms with Crippen molar-refractivity contribution in [2.45, 2.75) is 26.3 Å². The van der Waals surface area contributed by atoms with Crippen LogP contribution in [-0.2, 0) is 4.84 Å². The maximum absolute atomic E-state index is 12.1. The SMILES string of the molecule is CC(C)(C)N1CC(=C(F)F)CO1. The highest BCUT2D eigenvalue weighted by molar-refractivity contribution is 5.08. The van der Waals surface area contributed by atoms with Gasteiger partial charge < -0.3 is 0 Å². The number of hydroxylamine groups is 2. The van der Waals surface area contributed by atoms with E-state index < -0.39 is 6.08 Å². The standard InChI is InChI=1S/C8H13F2NO/c1-8(2,3)11-4-6(5-12-11)7(9)10/h4-5H2,1-3H3. The Morgan fingerprint density at radius 1 is 1.42 bits per heavy atom. The third-order valence-corrected chi connectivity index (χ3v) is 1.74. The lowest BCUT2D eigenvalue weighted by Crippen LogP contribution is -2.37. The maximum Gasteiger partial charge on any atom is 0.273 e. The van der Waals surface area contributed by atoms with Gasteiger partial charge in [-0.25, -0.2) is 0 Å². The first-order valence-corrected chi connectivity index (χ1v) is 3.85. The number of rotatable bonds is 0. The molecule has 0 aromatic carbocycles. The van der Waals surface area contributed by atoms with Crippen LogP contribution in [0.1, 0.15) is 20.8 Å². The average molecular weight is 177 g/mol. The molecule has 1 rings (SSSR count). The number of nitrogens with zero attached hydrogens (tertiary/aromatic N) is 1. The Morgan fingerprint density at radius 3 is 2.25 bits per heavy atom. The normalized spacial score (nSPS) is 20.2. The van der Waals surface area contributed by atoms with Crippen molar-refractivity contribution in [1.82, 2.24) is 5.06 Å². The molecule has 0 N–H and O–H groups in total. The van der Waals surface area contributed by atoms with Crippen molar-refractivity contribution in [3.05, 3.63) is 11.7 Å². The Bertz CT molecular complexity index is 204. The molecule has 0 aromatic rings. The van der Waals surface area contributed by atoms with E-state index in [0.717, 1.165) is 0 Å². The minimum Gasteiger partial charge on any atom is -0.293 e. The molecule has 2 nitrogen and oxygen atoms in total. The number of hydrogen-bond donors (Lipinski definition) is 0. The van der Waals surface area contributed by atoms with Crippen molar-refractivity contribution in [3.8, 4) is 0 Å². The second-order valence-corrected chi connectivity index (χ2v) is 3.84. The van der Waals surface area contributed by atoms with Crippen molar-refractivity contribution in [2.24, 2.45) is 0 Å². The lowest BCUT2D eigenvalue weighted by molar-refractivity contribution is -0.166. The third kappa shape index (κ3) is 2.01. The zero-order valence-electron chi connectivity index (χ0n) is 7.53. The molecule has 1 aliphatic rings. The minimum atomic E-state index is -1.61. The largest absolute Gasteiger partial charge is 0.293 e. The summed E-state index contributed by atoms with van der Waals surface area (Å²) in [6.07, 6.45) is -1.61. The molecule has 1 heterocycles. The number of halogens is 2. The average Bonchev–Trinajstić information content (AvgIpc) is 2.30. The van der Waals surface area contributed by atoms with Gasteiger partial charge in [-0.2, -0.15) is 13.8 Å². The summed E-state index contributed by atoms with van der Waals surface area (Å²) in [4.78, 5) is 5.09. The van der Waals surface area contributed by atoms with Crippen molar-refractivity contribution in [2.75, 3.05) is 13.2 Å². The predicted molar refractivity (Wildman–Crippen MR) is 41.7 cm³/mol. The molecule has 12 heavy (non-hydrogen) atoms. The summed E-state index contributed by atoms with van der Waals surface area (Å²) in [7, 11) is 0. The zero-order valence-corrected chi connectivity index (χ0v) is 7.53. The molecule has 0 amide bonds. The van der Waals surface area contributed by atoms with Gasteiger partial charge in [0, 0.05) is 11.1 Å². The molecule has 0 bridgehead atoms. The molecule has 1 saturated heterocycles. The highest BCUT2D eigenvalue weighted by Gasteiger charge is 2.30. The zero-order chi connectivity index (χ0) is 9.35. The lowest BCUT2D eigenvalue weighted by atomic mass is 10.1. The van der Waals surface area contributed by atoms with Gasteiger partial charge in [0.1, 0.15) is 0 Å². The van der Waals surface area contributed by atoms with Crippen molar-refractivity contribution >= 4 is 0 Å². The maximum atomic E-state index is 12.1. The summed E-state index contributed by atoms with van der Waals surface area (Å²) in [5.41, 5.74) is -0.123. The fourth-order valence-corrected chi connectivity index (χ4v) is 0.966. The quantitative estimate of drug-likeness (QED) is 0.562. The molecule has 0 unspecified atom stereocenters. The van der Waals surface area contributed by atoms with Gasteiger partial charge in [0.15, 0.2) is 0 Å². The van der Waals surface area contributed by atoms with Gasteiger partial charge in [-0.1, -0.05) is 0 Å². The first-order chi connectivity index (χ1) is 5.41. The molecular formula is C8H13F2NO. The van der Waals surface area contributed by atoms with E-state index >= 15 is 0 Å². The fraction of sp³-hybridized carbons (Fsp3) is 0.750. The van der Waals surface area contributed by atoms with E-state index in [1.54, 1.807) is 5.06 Å². The summed E-state index contributed by atoms with van der Waals surface area (Å²) in [5.74, 6) is 0. The highest BCUT2D eigenvalue weighted by atomic mass is 19.3. The van der Waals surface area contributed by atoms with Crippen LogP contribution < -0.4 is 0 Å². The van der Waals surface area contributed by atoms with Gasteiger partial charge >= 0.3 is 0 Å². The lowest BCUT2D eigenvalue weighted by Gasteiger charge is -2.28. The molecule has 70 valence electrons. The molecule has 0 spiro atoms. The van der Waals surface area contributed by atoms with Crippen LogP contribution in [0.5, 0.6) is 0 Å². The molecule has 4 heteroatoms. The Balaban J connectivity index is 2.64. The van der Waals surface area contributed by atoms with Crippen LogP contribution in [0.2, 0.25) is 0 Å². The van der Waals surface area contributed by atoms with E-state index in [1.807, 2.05) is 20.8 Å². The fourth-order valence-electron chi connectivity index (χ4n) is 0.966. The summed E-state index contributed by atoms with van der Waals surface area (Å²) >= 11 is 0. The topological polar surface area (TPSA) is 12.5 Å². The highest BCUT2D eigenvalue weighted by Crippen LogP contribution is 2.24. The number of hydrogen-bond acceptors (Lipinski definition) is 2. The van der Waals surface area contributed by atoms with Crippen LogP contribution in [0.4, 0.5) is 8.78 Å². The first-order valence-electron chi connectivity index (χ1n) is 3.85. The van der Waals surface area contributed by atoms with Crippen LogP contribution in [0, 0.1) is 0 Å². The van der Waals surface area contributed by atoms with E-state index in [1.165, 1.54) is 0 Å². The van der Waals surface area contributed by atoms with E-state index in [-0.39, 0.29) is 24.3 Å². The van der Waals surface area contributed by atoms with Gasteiger partial charge in [0.25, 0.3) is 6.08 Å². The van der Waals surface area contributed by atoms with E-state index in [2.05, 4.69) is 0 Å². The second-order valence-electron chi connectivity index (χ2n) is 3.84. The van der Waals surface area contributed by atoms with Crippen LogP contribution in [0.15, 0.2) is 11.7 Å². The van der Waals surface area contributed by atoms with Gasteiger partial charge in [-0.15, -0.1) is 0 Å². The van der Waals surface area contributed by atoms with Crippen LogP contribution in [-0.4, -0.2) is 23.8 Å².